The average molecular weight is 476 g/mol. The molecule has 0 saturated carbocycles. The smallest absolute Gasteiger partial charge is 0.293 e. The number of piperazine rings is 1. The van der Waals surface area contributed by atoms with Crippen molar-refractivity contribution < 1.29 is 9.53 Å². The number of aromatic nitrogens is 2. The minimum atomic E-state index is -0.112. The van der Waals surface area contributed by atoms with Gasteiger partial charge in [-0.05, 0) is 56.2 Å². The second-order valence-corrected chi connectivity index (χ2v) is 9.27. The van der Waals surface area contributed by atoms with Gasteiger partial charge in [0, 0.05) is 51.5 Å². The van der Waals surface area contributed by atoms with Crippen LogP contribution in [-0.4, -0.2) is 66.7 Å². The SMILES string of the molecule is CCn1c(=O)c(N2CCC[C@@H](C(=O)N3CCN(c4ccc(OC)cc4)CC3)C2)nc2ccccc21. The minimum Gasteiger partial charge on any atom is -0.497 e. The third kappa shape index (κ3) is 4.57. The number of nitrogens with zero attached hydrogens (tertiary/aromatic N) is 5. The van der Waals surface area contributed by atoms with Crippen LogP contribution in [0, 0.1) is 5.92 Å². The molecule has 1 atom stereocenters. The molecule has 35 heavy (non-hydrogen) atoms. The summed E-state index contributed by atoms with van der Waals surface area (Å²) < 4.78 is 7.03. The number of anilines is 2. The van der Waals surface area contributed by atoms with Gasteiger partial charge in [-0.2, -0.15) is 0 Å². The van der Waals surface area contributed by atoms with Gasteiger partial charge in [-0.25, -0.2) is 4.98 Å². The molecule has 1 aromatic heterocycles. The summed E-state index contributed by atoms with van der Waals surface area (Å²) in [6, 6.07) is 15.8. The van der Waals surface area contributed by atoms with E-state index >= 15 is 0 Å². The lowest BCUT2D eigenvalue weighted by Crippen LogP contribution is -2.53. The van der Waals surface area contributed by atoms with Gasteiger partial charge in [0.15, 0.2) is 5.82 Å². The summed E-state index contributed by atoms with van der Waals surface area (Å²) in [7, 11) is 1.67. The predicted molar refractivity (Wildman–Crippen MR) is 138 cm³/mol. The van der Waals surface area contributed by atoms with E-state index in [-0.39, 0.29) is 17.4 Å². The second kappa shape index (κ2) is 9.98. The Labute approximate surface area is 205 Å². The first-order valence-electron chi connectivity index (χ1n) is 12.5. The normalized spacial score (nSPS) is 18.7. The Kier molecular flexibility index (Phi) is 6.61. The summed E-state index contributed by atoms with van der Waals surface area (Å²) in [6.45, 7) is 6.89. The van der Waals surface area contributed by atoms with E-state index in [2.05, 4.69) is 17.0 Å². The van der Waals surface area contributed by atoms with Crippen molar-refractivity contribution in [3.8, 4) is 5.75 Å². The van der Waals surface area contributed by atoms with E-state index in [0.29, 0.717) is 32.0 Å². The van der Waals surface area contributed by atoms with Gasteiger partial charge in [-0.1, -0.05) is 12.1 Å². The third-order valence-electron chi connectivity index (χ3n) is 7.25. The molecule has 0 spiro atoms. The number of benzene rings is 2. The highest BCUT2D eigenvalue weighted by molar-refractivity contribution is 5.80. The van der Waals surface area contributed by atoms with Crippen molar-refractivity contribution in [3.05, 3.63) is 58.9 Å². The molecule has 2 fully saturated rings. The fraction of sp³-hybridized carbons (Fsp3) is 0.444. The van der Waals surface area contributed by atoms with Gasteiger partial charge in [0.25, 0.3) is 5.56 Å². The Hall–Kier alpha value is -3.55. The zero-order chi connectivity index (χ0) is 24.4. The van der Waals surface area contributed by atoms with Crippen molar-refractivity contribution in [2.45, 2.75) is 26.3 Å². The van der Waals surface area contributed by atoms with E-state index in [1.807, 2.05) is 53.1 Å². The van der Waals surface area contributed by atoms with Crippen molar-refractivity contribution in [1.82, 2.24) is 14.5 Å². The van der Waals surface area contributed by atoms with Crippen LogP contribution in [0.1, 0.15) is 19.8 Å². The van der Waals surface area contributed by atoms with Crippen LogP contribution in [0.4, 0.5) is 11.5 Å². The Morgan fingerprint density at radius 1 is 1.00 bits per heavy atom. The van der Waals surface area contributed by atoms with Gasteiger partial charge in [0.05, 0.1) is 24.1 Å². The van der Waals surface area contributed by atoms with Crippen LogP contribution >= 0.6 is 0 Å². The monoisotopic (exact) mass is 475 g/mol. The molecule has 0 unspecified atom stereocenters. The van der Waals surface area contributed by atoms with Crippen LogP contribution < -0.4 is 20.1 Å². The molecule has 1 amide bonds. The molecule has 184 valence electrons. The molecule has 0 bridgehead atoms. The number of aryl methyl sites for hydroxylation is 1. The van der Waals surface area contributed by atoms with Crippen molar-refractivity contribution >= 4 is 28.4 Å². The highest BCUT2D eigenvalue weighted by atomic mass is 16.5. The Morgan fingerprint density at radius 2 is 1.74 bits per heavy atom. The van der Waals surface area contributed by atoms with Crippen molar-refractivity contribution in [2.75, 3.05) is 56.2 Å². The van der Waals surface area contributed by atoms with E-state index in [9.17, 15) is 9.59 Å². The summed E-state index contributed by atoms with van der Waals surface area (Å²) in [5.41, 5.74) is 2.74. The summed E-state index contributed by atoms with van der Waals surface area (Å²) >= 11 is 0. The molecule has 8 nitrogen and oxygen atoms in total. The van der Waals surface area contributed by atoms with E-state index in [1.165, 1.54) is 0 Å². The molecule has 0 N–H and O–H groups in total. The van der Waals surface area contributed by atoms with E-state index in [1.54, 1.807) is 11.7 Å². The lowest BCUT2D eigenvalue weighted by atomic mass is 9.96. The molecule has 3 aromatic rings. The van der Waals surface area contributed by atoms with Crippen LogP contribution in [-0.2, 0) is 11.3 Å². The summed E-state index contributed by atoms with van der Waals surface area (Å²) in [6.07, 6.45) is 1.73. The molecule has 2 saturated heterocycles. The molecule has 0 radical (unpaired) electrons. The second-order valence-electron chi connectivity index (χ2n) is 9.27. The number of methoxy groups -OCH3 is 1. The number of hydrogen-bond acceptors (Lipinski definition) is 6. The highest BCUT2D eigenvalue weighted by Crippen LogP contribution is 2.25. The zero-order valence-corrected chi connectivity index (χ0v) is 20.5. The number of piperidine rings is 1. The number of hydrogen-bond donors (Lipinski definition) is 0. The zero-order valence-electron chi connectivity index (χ0n) is 20.5. The van der Waals surface area contributed by atoms with E-state index < -0.39 is 0 Å². The Bertz CT molecular complexity index is 1250. The number of amides is 1. The number of para-hydroxylation sites is 2. The summed E-state index contributed by atoms with van der Waals surface area (Å²) in [5.74, 6) is 1.39. The van der Waals surface area contributed by atoms with Crippen LogP contribution in [0.2, 0.25) is 0 Å². The Balaban J connectivity index is 1.27. The molecule has 3 heterocycles. The number of ether oxygens (including phenoxy) is 1. The standard InChI is InChI=1S/C27H33N5O3/c1-3-32-24-9-5-4-8-23(24)28-25(27(32)34)31-14-6-7-20(19-31)26(33)30-17-15-29(16-18-30)21-10-12-22(35-2)13-11-21/h4-5,8-13,20H,3,6-7,14-19H2,1-2H3/t20-/m1/s1. The maximum Gasteiger partial charge on any atom is 0.293 e. The van der Waals surface area contributed by atoms with Crippen molar-refractivity contribution in [2.24, 2.45) is 5.92 Å². The first-order chi connectivity index (χ1) is 17.1. The quantitative estimate of drug-likeness (QED) is 0.565. The molecule has 8 heteroatoms. The van der Waals surface area contributed by atoms with Crippen molar-refractivity contribution in [3.63, 3.8) is 0 Å². The number of rotatable bonds is 5. The van der Waals surface area contributed by atoms with Gasteiger partial charge < -0.3 is 24.0 Å². The predicted octanol–water partition coefficient (Wildman–Crippen LogP) is 2.99. The topological polar surface area (TPSA) is 70.9 Å². The average Bonchev–Trinajstić information content (AvgIpc) is 2.92. The van der Waals surface area contributed by atoms with Gasteiger partial charge in [-0.3, -0.25) is 9.59 Å². The molecule has 5 rings (SSSR count). The van der Waals surface area contributed by atoms with Gasteiger partial charge in [0.1, 0.15) is 5.75 Å². The molecule has 0 aliphatic carbocycles. The third-order valence-corrected chi connectivity index (χ3v) is 7.25. The van der Waals surface area contributed by atoms with Crippen LogP contribution in [0.15, 0.2) is 53.3 Å². The number of carbonyl (C=O) groups excluding carboxylic acids is 1. The summed E-state index contributed by atoms with van der Waals surface area (Å²) in [5, 5.41) is 0. The lowest BCUT2D eigenvalue weighted by Gasteiger charge is -2.40. The summed E-state index contributed by atoms with van der Waals surface area (Å²) in [4.78, 5) is 37.7. The van der Waals surface area contributed by atoms with E-state index in [0.717, 1.165) is 54.9 Å². The lowest BCUT2D eigenvalue weighted by molar-refractivity contribution is -0.136. The fourth-order valence-electron chi connectivity index (χ4n) is 5.31. The highest BCUT2D eigenvalue weighted by Gasteiger charge is 2.32. The molecule has 2 aliphatic heterocycles. The maximum absolute atomic E-state index is 13.4. The van der Waals surface area contributed by atoms with Gasteiger partial charge >= 0.3 is 0 Å². The van der Waals surface area contributed by atoms with Crippen molar-refractivity contribution in [1.29, 1.82) is 0 Å². The largest absolute Gasteiger partial charge is 0.497 e. The molecule has 2 aromatic carbocycles. The van der Waals surface area contributed by atoms with Crippen LogP contribution in [0.5, 0.6) is 5.75 Å². The molecular formula is C27H33N5O3. The minimum absolute atomic E-state index is 0.0765. The first kappa shape index (κ1) is 23.2. The van der Waals surface area contributed by atoms with Crippen LogP contribution in [0.3, 0.4) is 0 Å². The fourth-order valence-corrected chi connectivity index (χ4v) is 5.31. The first-order valence-corrected chi connectivity index (χ1v) is 12.5. The van der Waals surface area contributed by atoms with Crippen LogP contribution in [0.25, 0.3) is 11.0 Å². The van der Waals surface area contributed by atoms with Gasteiger partial charge in [-0.15, -0.1) is 0 Å². The number of carbonyl (C=O) groups is 1. The van der Waals surface area contributed by atoms with Gasteiger partial charge in [0.2, 0.25) is 5.91 Å². The molecule has 2 aliphatic rings. The Morgan fingerprint density at radius 3 is 2.46 bits per heavy atom. The van der Waals surface area contributed by atoms with E-state index in [4.69, 9.17) is 9.72 Å². The molecular weight excluding hydrogens is 442 g/mol. The number of fused-ring (bicyclic) bond motifs is 1. The maximum atomic E-state index is 13.4.